The maximum absolute atomic E-state index is 8.94. The normalized spacial score (nSPS) is 9.75. The molecule has 0 amide bonds. The average molecular weight is 250 g/mol. The standard InChI is InChI=1S/C12H8ClNOS/c13-11-2-1-3-12(10(11)6-14)15-7-9-4-5-16-8-9/h1-5,8H,7H2. The summed E-state index contributed by atoms with van der Waals surface area (Å²) in [5.74, 6) is 0.529. The van der Waals surface area contributed by atoms with Crippen LogP contribution in [0.2, 0.25) is 5.02 Å². The van der Waals surface area contributed by atoms with Crippen molar-refractivity contribution in [1.82, 2.24) is 0 Å². The highest BCUT2D eigenvalue weighted by molar-refractivity contribution is 7.07. The van der Waals surface area contributed by atoms with Crippen LogP contribution in [0.25, 0.3) is 0 Å². The van der Waals surface area contributed by atoms with Gasteiger partial charge in [-0.2, -0.15) is 16.6 Å². The third-order valence-electron chi connectivity index (χ3n) is 2.06. The van der Waals surface area contributed by atoms with Gasteiger partial charge < -0.3 is 4.74 Å². The monoisotopic (exact) mass is 249 g/mol. The first-order valence-corrected chi connectivity index (χ1v) is 5.96. The van der Waals surface area contributed by atoms with Gasteiger partial charge in [0.15, 0.2) is 0 Å². The molecule has 1 aromatic heterocycles. The minimum absolute atomic E-state index is 0.388. The molecular weight excluding hydrogens is 242 g/mol. The molecule has 1 aromatic carbocycles. The predicted molar refractivity (Wildman–Crippen MR) is 64.8 cm³/mol. The lowest BCUT2D eigenvalue weighted by Crippen LogP contribution is -1.96. The van der Waals surface area contributed by atoms with Crippen LogP contribution >= 0.6 is 22.9 Å². The van der Waals surface area contributed by atoms with Crippen LogP contribution in [0.5, 0.6) is 5.75 Å². The lowest BCUT2D eigenvalue weighted by molar-refractivity contribution is 0.306. The van der Waals surface area contributed by atoms with E-state index in [0.29, 0.717) is 22.9 Å². The summed E-state index contributed by atoms with van der Waals surface area (Å²) in [4.78, 5) is 0. The Morgan fingerprint density at radius 3 is 2.94 bits per heavy atom. The van der Waals surface area contributed by atoms with E-state index in [9.17, 15) is 0 Å². The lowest BCUT2D eigenvalue weighted by atomic mass is 10.2. The van der Waals surface area contributed by atoms with Crippen LogP contribution < -0.4 is 4.74 Å². The van der Waals surface area contributed by atoms with E-state index in [1.165, 1.54) is 0 Å². The zero-order chi connectivity index (χ0) is 11.4. The molecule has 2 rings (SSSR count). The summed E-state index contributed by atoms with van der Waals surface area (Å²) in [6.07, 6.45) is 0. The second-order valence-corrected chi connectivity index (χ2v) is 4.33. The number of rotatable bonds is 3. The molecule has 0 unspecified atom stereocenters. The summed E-state index contributed by atoms with van der Waals surface area (Å²) in [6.45, 7) is 0.457. The number of nitriles is 1. The second kappa shape index (κ2) is 5.02. The molecule has 1 heterocycles. The first-order valence-electron chi connectivity index (χ1n) is 4.64. The van der Waals surface area contributed by atoms with Crippen molar-refractivity contribution in [2.75, 3.05) is 0 Å². The SMILES string of the molecule is N#Cc1c(Cl)cccc1OCc1ccsc1. The van der Waals surface area contributed by atoms with Gasteiger partial charge in [0.05, 0.1) is 5.02 Å². The van der Waals surface area contributed by atoms with Crippen LogP contribution in [0.1, 0.15) is 11.1 Å². The maximum Gasteiger partial charge on any atom is 0.139 e. The summed E-state index contributed by atoms with van der Waals surface area (Å²) < 4.78 is 5.55. The molecule has 0 aliphatic carbocycles. The molecule has 16 heavy (non-hydrogen) atoms. The molecule has 0 saturated heterocycles. The van der Waals surface area contributed by atoms with Crippen molar-refractivity contribution in [1.29, 1.82) is 5.26 Å². The number of halogens is 1. The van der Waals surface area contributed by atoms with Crippen molar-refractivity contribution in [2.24, 2.45) is 0 Å². The van der Waals surface area contributed by atoms with Gasteiger partial charge in [0.1, 0.15) is 24.0 Å². The molecule has 2 nitrogen and oxygen atoms in total. The molecule has 0 fully saturated rings. The number of benzene rings is 1. The van der Waals surface area contributed by atoms with E-state index in [0.717, 1.165) is 5.56 Å². The highest BCUT2D eigenvalue weighted by Crippen LogP contribution is 2.26. The Kier molecular flexibility index (Phi) is 3.45. The summed E-state index contributed by atoms with van der Waals surface area (Å²) in [5.41, 5.74) is 1.48. The number of thiophene rings is 1. The van der Waals surface area contributed by atoms with Crippen molar-refractivity contribution >= 4 is 22.9 Å². The van der Waals surface area contributed by atoms with Gasteiger partial charge in [0.25, 0.3) is 0 Å². The Bertz CT molecular complexity index is 516. The van der Waals surface area contributed by atoms with Gasteiger partial charge in [-0.05, 0) is 34.5 Å². The Hall–Kier alpha value is -1.50. The molecule has 4 heteroatoms. The van der Waals surface area contributed by atoms with Crippen molar-refractivity contribution in [2.45, 2.75) is 6.61 Å². The van der Waals surface area contributed by atoms with Crippen molar-refractivity contribution in [3.05, 3.63) is 51.2 Å². The van der Waals surface area contributed by atoms with Gasteiger partial charge in [0, 0.05) is 0 Å². The quantitative estimate of drug-likeness (QED) is 0.828. The molecule has 0 N–H and O–H groups in total. The predicted octanol–water partition coefficient (Wildman–Crippen LogP) is 3.85. The minimum Gasteiger partial charge on any atom is -0.487 e. The second-order valence-electron chi connectivity index (χ2n) is 3.15. The highest BCUT2D eigenvalue weighted by Gasteiger charge is 2.07. The summed E-state index contributed by atoms with van der Waals surface area (Å²) in [7, 11) is 0. The molecule has 0 bridgehead atoms. The van der Waals surface area contributed by atoms with Crippen molar-refractivity contribution < 1.29 is 4.74 Å². The number of ether oxygens (including phenoxy) is 1. The fourth-order valence-electron chi connectivity index (χ4n) is 1.27. The van der Waals surface area contributed by atoms with E-state index in [-0.39, 0.29) is 0 Å². The van der Waals surface area contributed by atoms with E-state index in [4.69, 9.17) is 21.6 Å². The van der Waals surface area contributed by atoms with Crippen molar-refractivity contribution in [3.63, 3.8) is 0 Å². The van der Waals surface area contributed by atoms with Gasteiger partial charge >= 0.3 is 0 Å². The minimum atomic E-state index is 0.388. The third kappa shape index (κ3) is 2.35. The van der Waals surface area contributed by atoms with E-state index >= 15 is 0 Å². The van der Waals surface area contributed by atoms with Gasteiger partial charge in [-0.3, -0.25) is 0 Å². The molecule has 0 spiro atoms. The van der Waals surface area contributed by atoms with Crippen LogP contribution in [0, 0.1) is 11.3 Å². The van der Waals surface area contributed by atoms with E-state index in [1.54, 1.807) is 29.5 Å². The van der Waals surface area contributed by atoms with Gasteiger partial charge in [-0.15, -0.1) is 0 Å². The van der Waals surface area contributed by atoms with Gasteiger partial charge in [-0.1, -0.05) is 17.7 Å². The zero-order valence-corrected chi connectivity index (χ0v) is 9.89. The fraction of sp³-hybridized carbons (Fsp3) is 0.0833. The zero-order valence-electron chi connectivity index (χ0n) is 8.31. The number of hydrogen-bond donors (Lipinski definition) is 0. The number of hydrogen-bond acceptors (Lipinski definition) is 3. The first-order chi connectivity index (χ1) is 7.81. The Morgan fingerprint density at radius 2 is 2.25 bits per heavy atom. The largest absolute Gasteiger partial charge is 0.487 e. The molecule has 0 atom stereocenters. The van der Waals surface area contributed by atoms with Gasteiger partial charge in [0.2, 0.25) is 0 Å². The molecule has 0 saturated carbocycles. The first kappa shape index (κ1) is 11.0. The van der Waals surface area contributed by atoms with E-state index in [2.05, 4.69) is 0 Å². The maximum atomic E-state index is 8.94. The topological polar surface area (TPSA) is 33.0 Å². The van der Waals surface area contributed by atoms with Crippen LogP contribution in [0.15, 0.2) is 35.0 Å². The fourth-order valence-corrected chi connectivity index (χ4v) is 2.13. The Labute approximate surface area is 103 Å². The highest BCUT2D eigenvalue weighted by atomic mass is 35.5. The Balaban J connectivity index is 2.16. The summed E-state index contributed by atoms with van der Waals surface area (Å²) in [6, 6.07) is 9.22. The molecule has 0 radical (unpaired) electrons. The summed E-state index contributed by atoms with van der Waals surface area (Å²) in [5, 5.41) is 13.4. The molecule has 0 aliphatic heterocycles. The van der Waals surface area contributed by atoms with Crippen molar-refractivity contribution in [3.8, 4) is 11.8 Å². The third-order valence-corrected chi connectivity index (χ3v) is 3.11. The lowest BCUT2D eigenvalue weighted by Gasteiger charge is -2.07. The number of nitrogens with zero attached hydrogens (tertiary/aromatic N) is 1. The van der Waals surface area contributed by atoms with E-state index < -0.39 is 0 Å². The molecular formula is C12H8ClNOS. The molecule has 0 aliphatic rings. The molecule has 80 valence electrons. The van der Waals surface area contributed by atoms with Crippen LogP contribution in [0.4, 0.5) is 0 Å². The smallest absolute Gasteiger partial charge is 0.139 e. The summed E-state index contributed by atoms with van der Waals surface area (Å²) >= 11 is 7.51. The van der Waals surface area contributed by atoms with E-state index in [1.807, 2.05) is 22.9 Å². The Morgan fingerprint density at radius 1 is 1.38 bits per heavy atom. The molecule has 2 aromatic rings. The van der Waals surface area contributed by atoms with Crippen LogP contribution in [-0.2, 0) is 6.61 Å². The van der Waals surface area contributed by atoms with Crippen LogP contribution in [-0.4, -0.2) is 0 Å². The van der Waals surface area contributed by atoms with Gasteiger partial charge in [-0.25, -0.2) is 0 Å². The average Bonchev–Trinajstić information content (AvgIpc) is 2.79. The van der Waals surface area contributed by atoms with Crippen LogP contribution in [0.3, 0.4) is 0 Å².